The van der Waals surface area contributed by atoms with Crippen LogP contribution in [0.1, 0.15) is 88.8 Å². The minimum atomic E-state index is -0.388. The maximum Gasteiger partial charge on any atom is 0.251 e. The van der Waals surface area contributed by atoms with Crippen molar-refractivity contribution < 1.29 is 28.6 Å². The Morgan fingerprint density at radius 3 is 2.27 bits per heavy atom. The number of aromatic nitrogens is 2. The van der Waals surface area contributed by atoms with E-state index in [2.05, 4.69) is 38.0 Å². The highest BCUT2D eigenvalue weighted by Crippen LogP contribution is 2.28. The van der Waals surface area contributed by atoms with Gasteiger partial charge in [0.25, 0.3) is 11.8 Å². The van der Waals surface area contributed by atoms with Gasteiger partial charge < -0.3 is 30.2 Å². The van der Waals surface area contributed by atoms with Crippen LogP contribution in [-0.2, 0) is 9.47 Å². The van der Waals surface area contributed by atoms with Gasteiger partial charge in [-0.25, -0.2) is 0 Å². The van der Waals surface area contributed by atoms with Crippen LogP contribution in [-0.4, -0.2) is 84.5 Å². The Kier molecular flexibility index (Phi) is 12.3. The largest absolute Gasteiger partial charge is 0.490 e. The Morgan fingerprint density at radius 1 is 0.922 bits per heavy atom. The standard InChI is InChI=1S/C40H47N5O6/c1-7-8-27-15-16-35(50-19-20-51-40(5,6)17-18-49-25(2)3)36(26(27)4)37(46)28-9-11-29(12-10-28)38(47)43-33-23-41-24-34(33)44-39(48)30-13-14-31-22-42-45-32(31)21-30/h9-16,21-22,25,33-34,41H,17-20,23-24H2,1-6H3,(H,42,45)(H,43,47)(H,44,48)/t33-,34+/m1/s1. The van der Waals surface area contributed by atoms with E-state index in [-0.39, 0.29) is 48.0 Å². The number of amides is 2. The van der Waals surface area contributed by atoms with Gasteiger partial charge in [0.2, 0.25) is 0 Å². The highest BCUT2D eigenvalue weighted by atomic mass is 16.5. The number of H-pyrrole nitrogens is 1. The molecule has 0 bridgehead atoms. The predicted molar refractivity (Wildman–Crippen MR) is 196 cm³/mol. The first-order chi connectivity index (χ1) is 24.5. The summed E-state index contributed by atoms with van der Waals surface area (Å²) < 4.78 is 17.9. The highest BCUT2D eigenvalue weighted by Gasteiger charge is 2.30. The van der Waals surface area contributed by atoms with Gasteiger partial charge in [-0.15, -0.1) is 5.92 Å². The van der Waals surface area contributed by atoms with E-state index in [1.807, 2.05) is 46.8 Å². The van der Waals surface area contributed by atoms with Crippen molar-refractivity contribution in [2.75, 3.05) is 32.9 Å². The second-order valence-corrected chi connectivity index (χ2v) is 13.5. The molecule has 2 atom stereocenters. The van der Waals surface area contributed by atoms with Crippen LogP contribution in [0.15, 0.2) is 60.8 Å². The molecule has 51 heavy (non-hydrogen) atoms. The van der Waals surface area contributed by atoms with E-state index in [4.69, 9.17) is 14.2 Å². The molecule has 4 aromatic rings. The summed E-state index contributed by atoms with van der Waals surface area (Å²) in [6.07, 6.45) is 2.60. The molecular formula is C40H47N5O6. The fourth-order valence-corrected chi connectivity index (χ4v) is 5.92. The number of nitrogens with zero attached hydrogens (tertiary/aromatic N) is 1. The second-order valence-electron chi connectivity index (χ2n) is 13.5. The third kappa shape index (κ3) is 9.61. The molecule has 3 aromatic carbocycles. The summed E-state index contributed by atoms with van der Waals surface area (Å²) in [6.45, 7) is 13.9. The molecule has 268 valence electrons. The van der Waals surface area contributed by atoms with E-state index >= 15 is 0 Å². The highest BCUT2D eigenvalue weighted by molar-refractivity contribution is 6.12. The summed E-state index contributed by atoms with van der Waals surface area (Å²) in [5, 5.41) is 17.1. The number of fused-ring (bicyclic) bond motifs is 1. The van der Waals surface area contributed by atoms with E-state index in [1.165, 1.54) is 0 Å². The molecule has 5 rings (SSSR count). The first-order valence-electron chi connectivity index (χ1n) is 17.3. The van der Waals surface area contributed by atoms with Gasteiger partial charge in [0.05, 0.1) is 47.7 Å². The summed E-state index contributed by atoms with van der Waals surface area (Å²) in [6, 6.07) is 14.9. The molecule has 0 aliphatic carbocycles. The van der Waals surface area contributed by atoms with Crippen LogP contribution in [0.3, 0.4) is 0 Å². The van der Waals surface area contributed by atoms with Crippen LogP contribution in [0.4, 0.5) is 0 Å². The van der Waals surface area contributed by atoms with Crippen molar-refractivity contribution >= 4 is 28.5 Å². The van der Waals surface area contributed by atoms with Gasteiger partial charge in [0.15, 0.2) is 5.78 Å². The Labute approximate surface area is 299 Å². The Morgan fingerprint density at radius 2 is 1.59 bits per heavy atom. The third-order valence-electron chi connectivity index (χ3n) is 8.86. The monoisotopic (exact) mass is 693 g/mol. The molecule has 11 heteroatoms. The predicted octanol–water partition coefficient (Wildman–Crippen LogP) is 4.96. The lowest BCUT2D eigenvalue weighted by Gasteiger charge is -2.26. The molecular weight excluding hydrogens is 646 g/mol. The molecule has 0 saturated carbocycles. The molecule has 1 fully saturated rings. The maximum atomic E-state index is 14.0. The quantitative estimate of drug-likeness (QED) is 0.0778. The van der Waals surface area contributed by atoms with Gasteiger partial charge in [-0.3, -0.25) is 19.5 Å². The summed E-state index contributed by atoms with van der Waals surface area (Å²) in [7, 11) is 0. The number of ether oxygens (including phenoxy) is 3. The molecule has 2 amide bonds. The third-order valence-corrected chi connectivity index (χ3v) is 8.86. The maximum absolute atomic E-state index is 14.0. The number of rotatable bonds is 15. The number of carbonyl (C=O) groups excluding carboxylic acids is 3. The SMILES string of the molecule is CC#Cc1ccc(OCCOC(C)(C)CCOC(C)C)c(C(=O)c2ccc(C(=O)N[C@@H]3CNC[C@@H]3NC(=O)c3ccc4cn[nH]c4c3)cc2)c1C. The number of aromatic amines is 1. The first-order valence-corrected chi connectivity index (χ1v) is 17.3. The van der Waals surface area contributed by atoms with Crippen molar-refractivity contribution in [1.29, 1.82) is 0 Å². The first kappa shape index (κ1) is 37.2. The number of ketones is 1. The van der Waals surface area contributed by atoms with E-state index < -0.39 is 0 Å². The van der Waals surface area contributed by atoms with Gasteiger partial charge >= 0.3 is 0 Å². The smallest absolute Gasteiger partial charge is 0.251 e. The zero-order valence-electron chi connectivity index (χ0n) is 30.1. The normalized spacial score (nSPS) is 15.7. The lowest BCUT2D eigenvalue weighted by Crippen LogP contribution is -2.51. The van der Waals surface area contributed by atoms with Crippen LogP contribution < -0.4 is 20.7 Å². The van der Waals surface area contributed by atoms with Crippen molar-refractivity contribution in [2.24, 2.45) is 0 Å². The zero-order valence-corrected chi connectivity index (χ0v) is 30.1. The fourth-order valence-electron chi connectivity index (χ4n) is 5.92. The molecule has 11 nitrogen and oxygen atoms in total. The van der Waals surface area contributed by atoms with Gasteiger partial charge in [-0.1, -0.05) is 24.1 Å². The average molecular weight is 694 g/mol. The van der Waals surface area contributed by atoms with Gasteiger partial charge in [-0.2, -0.15) is 5.10 Å². The summed E-state index contributed by atoms with van der Waals surface area (Å²) in [5.74, 6) is 5.64. The topological polar surface area (TPSA) is 144 Å². The molecule has 0 unspecified atom stereocenters. The lowest BCUT2D eigenvalue weighted by atomic mass is 9.94. The van der Waals surface area contributed by atoms with E-state index in [9.17, 15) is 14.4 Å². The molecule has 1 saturated heterocycles. The molecule has 4 N–H and O–H groups in total. The number of benzene rings is 3. The average Bonchev–Trinajstić information content (AvgIpc) is 3.76. The van der Waals surface area contributed by atoms with Crippen molar-refractivity contribution in [3.63, 3.8) is 0 Å². The van der Waals surface area contributed by atoms with Crippen molar-refractivity contribution in [1.82, 2.24) is 26.1 Å². The molecule has 1 aromatic heterocycles. The van der Waals surface area contributed by atoms with Crippen molar-refractivity contribution in [3.8, 4) is 17.6 Å². The van der Waals surface area contributed by atoms with Crippen molar-refractivity contribution in [2.45, 2.75) is 71.8 Å². The van der Waals surface area contributed by atoms with E-state index in [0.717, 1.165) is 22.9 Å². The number of hydrogen-bond acceptors (Lipinski definition) is 8. The fraction of sp³-hybridized carbons (Fsp3) is 0.400. The number of carbonyl (C=O) groups is 3. The summed E-state index contributed by atoms with van der Waals surface area (Å²) in [4.78, 5) is 40.3. The second kappa shape index (κ2) is 16.8. The molecule has 0 spiro atoms. The van der Waals surface area contributed by atoms with E-state index in [1.54, 1.807) is 55.6 Å². The molecule has 1 aliphatic heterocycles. The molecule has 0 radical (unpaired) electrons. The summed E-state index contributed by atoms with van der Waals surface area (Å²) >= 11 is 0. The lowest BCUT2D eigenvalue weighted by molar-refractivity contribution is -0.0552. The van der Waals surface area contributed by atoms with Gasteiger partial charge in [0, 0.05) is 47.3 Å². The van der Waals surface area contributed by atoms with Gasteiger partial charge in [-0.05, 0) is 89.9 Å². The molecule has 1 aliphatic rings. The molecule has 2 heterocycles. The van der Waals surface area contributed by atoms with Gasteiger partial charge in [0.1, 0.15) is 12.4 Å². The zero-order chi connectivity index (χ0) is 36.5. The van der Waals surface area contributed by atoms with Crippen LogP contribution >= 0.6 is 0 Å². The Bertz CT molecular complexity index is 1920. The van der Waals surface area contributed by atoms with E-state index in [0.29, 0.717) is 59.9 Å². The summed E-state index contributed by atoms with van der Waals surface area (Å²) in [5.41, 5.74) is 3.55. The van der Waals surface area contributed by atoms with Crippen LogP contribution in [0.25, 0.3) is 10.9 Å². The number of hydrogen-bond donors (Lipinski definition) is 4. The van der Waals surface area contributed by atoms with Crippen LogP contribution in [0, 0.1) is 18.8 Å². The minimum Gasteiger partial charge on any atom is -0.490 e. The van der Waals surface area contributed by atoms with Crippen molar-refractivity contribution in [3.05, 3.63) is 94.2 Å². The van der Waals surface area contributed by atoms with Crippen LogP contribution in [0.2, 0.25) is 0 Å². The Hall–Kier alpha value is -5.02. The minimum absolute atomic E-state index is 0.163. The Balaban J connectivity index is 1.22. The van der Waals surface area contributed by atoms with Crippen LogP contribution in [0.5, 0.6) is 5.75 Å². The number of nitrogens with one attached hydrogen (secondary N) is 4.